The zero-order valence-corrected chi connectivity index (χ0v) is 9.05. The summed E-state index contributed by atoms with van der Waals surface area (Å²) in [6.45, 7) is 0. The fourth-order valence-corrected chi connectivity index (χ4v) is 1.91. The predicted molar refractivity (Wildman–Crippen MR) is 58.5 cm³/mol. The summed E-state index contributed by atoms with van der Waals surface area (Å²) in [7, 11) is 1.74. The van der Waals surface area contributed by atoms with E-state index in [-0.39, 0.29) is 6.10 Å². The van der Waals surface area contributed by atoms with Gasteiger partial charge in [-0.1, -0.05) is 0 Å². The lowest BCUT2D eigenvalue weighted by Gasteiger charge is -2.34. The predicted octanol–water partition coefficient (Wildman–Crippen LogP) is 2.38. The normalized spacial score (nSPS) is 24.3. The van der Waals surface area contributed by atoms with Gasteiger partial charge in [-0.3, -0.25) is 0 Å². The second kappa shape index (κ2) is 3.79. The maximum atomic E-state index is 5.80. The van der Waals surface area contributed by atoms with E-state index < -0.39 is 0 Å². The maximum absolute atomic E-state index is 5.80. The van der Waals surface area contributed by atoms with Crippen LogP contribution in [0.15, 0.2) is 29.0 Å². The Morgan fingerprint density at radius 2 is 2.19 bits per heavy atom. The first kappa shape index (κ1) is 9.66. The van der Waals surface area contributed by atoms with Gasteiger partial charge in [0, 0.05) is 26.0 Å². The van der Waals surface area contributed by atoms with E-state index in [1.54, 1.807) is 7.11 Å². The van der Waals surface area contributed by atoms with Crippen LogP contribution in [0.1, 0.15) is 12.8 Å². The monoisotopic (exact) mass is 219 g/mol. The number of aromatic nitrogens is 1. The molecule has 4 nitrogen and oxygen atoms in total. The number of nitrogens with zero attached hydrogens (tertiary/aromatic N) is 1. The minimum atomic E-state index is 0.273. The molecule has 16 heavy (non-hydrogen) atoms. The molecule has 4 heteroatoms. The number of benzene rings is 1. The first-order chi connectivity index (χ1) is 7.85. The molecular formula is C12H13NO3. The van der Waals surface area contributed by atoms with Crippen LogP contribution in [-0.4, -0.2) is 24.3 Å². The molecule has 0 amide bonds. The summed E-state index contributed by atoms with van der Waals surface area (Å²) in [6, 6.07) is 5.69. The van der Waals surface area contributed by atoms with Gasteiger partial charge in [0.05, 0.1) is 6.10 Å². The number of rotatable bonds is 3. The summed E-state index contributed by atoms with van der Waals surface area (Å²) in [4.78, 5) is 4.09. The van der Waals surface area contributed by atoms with E-state index in [9.17, 15) is 0 Å². The van der Waals surface area contributed by atoms with Crippen LogP contribution in [0.3, 0.4) is 0 Å². The Bertz CT molecular complexity index is 488. The van der Waals surface area contributed by atoms with Crippen LogP contribution in [0, 0.1) is 0 Å². The minimum Gasteiger partial charge on any atom is -0.490 e. The van der Waals surface area contributed by atoms with Gasteiger partial charge in [-0.15, -0.1) is 0 Å². The van der Waals surface area contributed by atoms with Gasteiger partial charge in [-0.2, -0.15) is 0 Å². The smallest absolute Gasteiger partial charge is 0.181 e. The molecule has 1 saturated carbocycles. The second-order valence-corrected chi connectivity index (χ2v) is 4.05. The van der Waals surface area contributed by atoms with Gasteiger partial charge in [-0.05, 0) is 12.1 Å². The quantitative estimate of drug-likeness (QED) is 0.795. The summed E-state index contributed by atoms with van der Waals surface area (Å²) in [5.41, 5.74) is 1.62. The van der Waals surface area contributed by atoms with Gasteiger partial charge < -0.3 is 13.9 Å². The lowest BCUT2D eigenvalue weighted by Crippen LogP contribution is -2.38. The van der Waals surface area contributed by atoms with Crippen molar-refractivity contribution >= 4 is 11.1 Å². The molecule has 0 bridgehead atoms. The summed E-state index contributed by atoms with van der Waals surface area (Å²) in [6.07, 6.45) is 4.01. The van der Waals surface area contributed by atoms with E-state index in [0.717, 1.165) is 29.7 Å². The SMILES string of the molecule is CO[C@H]1C[C@H](Oc2ccc3ocnc3c2)C1. The van der Waals surface area contributed by atoms with Gasteiger partial charge in [-0.25, -0.2) is 4.98 Å². The van der Waals surface area contributed by atoms with Gasteiger partial charge in [0.25, 0.3) is 0 Å². The van der Waals surface area contributed by atoms with Crippen LogP contribution in [0.4, 0.5) is 0 Å². The van der Waals surface area contributed by atoms with E-state index in [4.69, 9.17) is 13.9 Å². The summed E-state index contributed by atoms with van der Waals surface area (Å²) in [5, 5.41) is 0. The molecule has 3 rings (SSSR count). The van der Waals surface area contributed by atoms with Crippen LogP contribution in [0.25, 0.3) is 11.1 Å². The van der Waals surface area contributed by atoms with Crippen molar-refractivity contribution in [2.75, 3.05) is 7.11 Å². The Morgan fingerprint density at radius 1 is 1.31 bits per heavy atom. The van der Waals surface area contributed by atoms with Gasteiger partial charge in [0.1, 0.15) is 17.4 Å². The highest BCUT2D eigenvalue weighted by molar-refractivity contribution is 5.73. The molecule has 0 aliphatic heterocycles. The van der Waals surface area contributed by atoms with E-state index in [1.807, 2.05) is 18.2 Å². The third kappa shape index (κ3) is 1.65. The molecule has 0 spiro atoms. The number of fused-ring (bicyclic) bond motifs is 1. The van der Waals surface area contributed by atoms with Crippen molar-refractivity contribution in [2.24, 2.45) is 0 Å². The highest BCUT2D eigenvalue weighted by Crippen LogP contribution is 2.29. The Kier molecular flexibility index (Phi) is 2.29. The molecule has 1 aromatic heterocycles. The molecule has 0 atom stereocenters. The number of hydrogen-bond acceptors (Lipinski definition) is 4. The molecule has 2 aromatic rings. The third-order valence-corrected chi connectivity index (χ3v) is 2.99. The Balaban J connectivity index is 1.70. The van der Waals surface area contributed by atoms with Crippen LogP contribution in [-0.2, 0) is 4.74 Å². The van der Waals surface area contributed by atoms with Crippen LogP contribution in [0.2, 0.25) is 0 Å². The molecule has 1 heterocycles. The summed E-state index contributed by atoms with van der Waals surface area (Å²) in [5.74, 6) is 0.848. The van der Waals surface area contributed by atoms with Crippen LogP contribution < -0.4 is 4.74 Å². The van der Waals surface area contributed by atoms with E-state index in [2.05, 4.69) is 4.98 Å². The second-order valence-electron chi connectivity index (χ2n) is 4.05. The molecule has 0 saturated heterocycles. The number of oxazole rings is 1. The molecule has 1 aliphatic carbocycles. The van der Waals surface area contributed by atoms with Gasteiger partial charge >= 0.3 is 0 Å². The Hall–Kier alpha value is -1.55. The number of hydrogen-bond donors (Lipinski definition) is 0. The summed E-state index contributed by atoms with van der Waals surface area (Å²) < 4.78 is 16.2. The van der Waals surface area contributed by atoms with Crippen LogP contribution >= 0.6 is 0 Å². The van der Waals surface area contributed by atoms with Gasteiger partial charge in [0.2, 0.25) is 0 Å². The molecule has 1 fully saturated rings. The molecule has 0 N–H and O–H groups in total. The average molecular weight is 219 g/mol. The number of ether oxygens (including phenoxy) is 2. The van der Waals surface area contributed by atoms with Crippen molar-refractivity contribution in [1.82, 2.24) is 4.98 Å². The van der Waals surface area contributed by atoms with Crippen molar-refractivity contribution < 1.29 is 13.9 Å². The van der Waals surface area contributed by atoms with Crippen molar-refractivity contribution in [3.8, 4) is 5.75 Å². The first-order valence-electron chi connectivity index (χ1n) is 5.38. The molecular weight excluding hydrogens is 206 g/mol. The maximum Gasteiger partial charge on any atom is 0.181 e. The topological polar surface area (TPSA) is 44.5 Å². The van der Waals surface area contributed by atoms with Gasteiger partial charge in [0.15, 0.2) is 12.0 Å². The standard InChI is InChI=1S/C12H13NO3/c1-14-9-4-10(5-9)16-8-2-3-12-11(6-8)13-7-15-12/h2-3,6-7,9-10H,4-5H2,1H3/t9-,10-. The fraction of sp³-hybridized carbons (Fsp3) is 0.417. The lowest BCUT2D eigenvalue weighted by atomic mass is 9.92. The highest BCUT2D eigenvalue weighted by atomic mass is 16.5. The number of methoxy groups -OCH3 is 1. The van der Waals surface area contributed by atoms with E-state index in [1.165, 1.54) is 6.39 Å². The molecule has 1 aromatic carbocycles. The van der Waals surface area contributed by atoms with Crippen molar-refractivity contribution in [1.29, 1.82) is 0 Å². The average Bonchev–Trinajstić information content (AvgIpc) is 2.69. The Labute approximate surface area is 93.2 Å². The van der Waals surface area contributed by atoms with E-state index in [0.29, 0.717) is 6.10 Å². The third-order valence-electron chi connectivity index (χ3n) is 2.99. The zero-order chi connectivity index (χ0) is 11.0. The molecule has 0 radical (unpaired) electrons. The molecule has 84 valence electrons. The van der Waals surface area contributed by atoms with Crippen LogP contribution in [0.5, 0.6) is 5.75 Å². The minimum absolute atomic E-state index is 0.273. The molecule has 1 aliphatic rings. The van der Waals surface area contributed by atoms with Crippen molar-refractivity contribution in [3.05, 3.63) is 24.6 Å². The Morgan fingerprint density at radius 3 is 3.00 bits per heavy atom. The fourth-order valence-electron chi connectivity index (χ4n) is 1.91. The van der Waals surface area contributed by atoms with E-state index >= 15 is 0 Å². The van der Waals surface area contributed by atoms with Crippen molar-refractivity contribution in [2.45, 2.75) is 25.0 Å². The zero-order valence-electron chi connectivity index (χ0n) is 9.05. The largest absolute Gasteiger partial charge is 0.490 e. The lowest BCUT2D eigenvalue weighted by molar-refractivity contribution is -0.0380. The van der Waals surface area contributed by atoms with Crippen molar-refractivity contribution in [3.63, 3.8) is 0 Å². The summed E-state index contributed by atoms with van der Waals surface area (Å²) >= 11 is 0. The first-order valence-corrected chi connectivity index (χ1v) is 5.38. The highest BCUT2D eigenvalue weighted by Gasteiger charge is 2.30. The molecule has 0 unspecified atom stereocenters.